The highest BCUT2D eigenvalue weighted by Gasteiger charge is 2.33. The zero-order chi connectivity index (χ0) is 18.5. The lowest BCUT2D eigenvalue weighted by molar-refractivity contribution is -0.133. The van der Waals surface area contributed by atoms with Crippen molar-refractivity contribution in [3.8, 4) is 0 Å². The average molecular weight is 353 g/mol. The largest absolute Gasteiger partial charge is 0.463 e. The normalized spacial score (nSPS) is 17.0. The van der Waals surface area contributed by atoms with Crippen LogP contribution in [0.4, 0.5) is 0 Å². The molecule has 0 aliphatic carbocycles. The minimum absolute atomic E-state index is 0.0602. The molecule has 0 radical (unpaired) electrons. The number of aryl methyl sites for hydroxylation is 1. The number of furan rings is 1. The number of hydrogen-bond donors (Lipinski definition) is 0. The Morgan fingerprint density at radius 2 is 2.08 bits per heavy atom. The van der Waals surface area contributed by atoms with Crippen molar-refractivity contribution in [1.82, 2.24) is 9.91 Å². The Hall–Kier alpha value is -2.40. The molecule has 0 saturated heterocycles. The molecule has 1 aliphatic rings. The molecule has 3 rings (SSSR count). The fourth-order valence-corrected chi connectivity index (χ4v) is 3.38. The highest BCUT2D eigenvalue weighted by atomic mass is 16.3. The summed E-state index contributed by atoms with van der Waals surface area (Å²) >= 11 is 0. The number of nitrogens with zero attached hydrogens (tertiary/aromatic N) is 3. The smallest absolute Gasteiger partial charge is 0.244 e. The molecule has 0 N–H and O–H groups in total. The summed E-state index contributed by atoms with van der Waals surface area (Å²) in [5.74, 6) is 0.798. The van der Waals surface area contributed by atoms with E-state index in [4.69, 9.17) is 4.42 Å². The standard InChI is InChI=1S/C21H27N3O2/c1-4-23(5-2)12-11-21(25)24-19(17-9-6-8-16(3)14-17)15-18(22-24)20-10-7-13-26-20/h6-10,13-14,19H,4-5,11-12,15H2,1-3H3/t19-/m1/s1. The summed E-state index contributed by atoms with van der Waals surface area (Å²) in [5, 5.41) is 6.30. The Morgan fingerprint density at radius 3 is 2.73 bits per heavy atom. The molecular weight excluding hydrogens is 326 g/mol. The van der Waals surface area contributed by atoms with E-state index in [1.54, 1.807) is 11.3 Å². The van der Waals surface area contributed by atoms with Crippen molar-refractivity contribution >= 4 is 11.6 Å². The molecule has 0 saturated carbocycles. The molecule has 0 spiro atoms. The zero-order valence-corrected chi connectivity index (χ0v) is 15.8. The summed E-state index contributed by atoms with van der Waals surface area (Å²) in [6, 6.07) is 12.0. The summed E-state index contributed by atoms with van der Waals surface area (Å²) in [7, 11) is 0. The van der Waals surface area contributed by atoms with E-state index in [1.165, 1.54) is 5.56 Å². The van der Waals surface area contributed by atoms with E-state index in [2.05, 4.69) is 49.0 Å². The van der Waals surface area contributed by atoms with Gasteiger partial charge >= 0.3 is 0 Å². The summed E-state index contributed by atoms with van der Waals surface area (Å²) in [5.41, 5.74) is 3.13. The molecule has 1 aromatic heterocycles. The van der Waals surface area contributed by atoms with E-state index in [0.29, 0.717) is 12.8 Å². The zero-order valence-electron chi connectivity index (χ0n) is 15.8. The SMILES string of the molecule is CCN(CC)CCC(=O)N1N=C(c2ccco2)C[C@@H]1c1cccc(C)c1. The van der Waals surface area contributed by atoms with Gasteiger partial charge in [-0.15, -0.1) is 0 Å². The lowest BCUT2D eigenvalue weighted by Crippen LogP contribution is -2.32. The molecular formula is C21H27N3O2. The van der Waals surface area contributed by atoms with E-state index >= 15 is 0 Å². The van der Waals surface area contributed by atoms with Gasteiger partial charge in [-0.1, -0.05) is 43.7 Å². The van der Waals surface area contributed by atoms with Crippen molar-refractivity contribution < 1.29 is 9.21 Å². The van der Waals surface area contributed by atoms with E-state index in [1.807, 2.05) is 18.2 Å². The third kappa shape index (κ3) is 4.05. The highest BCUT2D eigenvalue weighted by molar-refractivity contribution is 6.01. The van der Waals surface area contributed by atoms with E-state index in [-0.39, 0.29) is 11.9 Å². The van der Waals surface area contributed by atoms with Gasteiger partial charge in [0.05, 0.1) is 12.3 Å². The predicted molar refractivity (Wildman–Crippen MR) is 103 cm³/mol. The highest BCUT2D eigenvalue weighted by Crippen LogP contribution is 2.33. The maximum absolute atomic E-state index is 12.9. The molecule has 0 fully saturated rings. The number of carbonyl (C=O) groups is 1. The van der Waals surface area contributed by atoms with E-state index in [9.17, 15) is 4.79 Å². The summed E-state index contributed by atoms with van der Waals surface area (Å²) in [6.45, 7) is 8.96. The van der Waals surface area contributed by atoms with Crippen LogP contribution in [0, 0.1) is 6.92 Å². The predicted octanol–water partition coefficient (Wildman–Crippen LogP) is 4.00. The molecule has 5 nitrogen and oxygen atoms in total. The number of carbonyl (C=O) groups excluding carboxylic acids is 1. The maximum atomic E-state index is 12.9. The van der Waals surface area contributed by atoms with Crippen LogP contribution in [-0.2, 0) is 4.79 Å². The summed E-state index contributed by atoms with van der Waals surface area (Å²) in [6.07, 6.45) is 2.79. The number of amides is 1. The molecule has 1 amide bonds. The fraction of sp³-hybridized carbons (Fsp3) is 0.429. The van der Waals surface area contributed by atoms with Crippen LogP contribution in [0.1, 0.15) is 49.6 Å². The molecule has 1 aliphatic heterocycles. The number of benzene rings is 1. The molecule has 138 valence electrons. The first-order chi connectivity index (χ1) is 12.6. The second-order valence-electron chi connectivity index (χ2n) is 6.67. The number of hydrogen-bond acceptors (Lipinski definition) is 4. The van der Waals surface area contributed by atoms with E-state index < -0.39 is 0 Å². The van der Waals surface area contributed by atoms with Crippen molar-refractivity contribution in [2.24, 2.45) is 5.10 Å². The lowest BCUT2D eigenvalue weighted by atomic mass is 9.99. The third-order valence-corrected chi connectivity index (χ3v) is 4.93. The second kappa shape index (κ2) is 8.32. The topological polar surface area (TPSA) is 49.1 Å². The Labute approximate surface area is 155 Å². The maximum Gasteiger partial charge on any atom is 0.244 e. The third-order valence-electron chi connectivity index (χ3n) is 4.93. The molecule has 2 aromatic rings. The first kappa shape index (κ1) is 18.4. The van der Waals surface area contributed by atoms with Crippen LogP contribution in [0.3, 0.4) is 0 Å². The van der Waals surface area contributed by atoms with Gasteiger partial charge in [0, 0.05) is 19.4 Å². The van der Waals surface area contributed by atoms with Gasteiger partial charge in [0.1, 0.15) is 11.5 Å². The lowest BCUT2D eigenvalue weighted by Gasteiger charge is -2.24. The molecule has 2 heterocycles. The van der Waals surface area contributed by atoms with Crippen molar-refractivity contribution in [3.05, 3.63) is 59.5 Å². The van der Waals surface area contributed by atoms with Gasteiger partial charge in [-0.2, -0.15) is 5.10 Å². The van der Waals surface area contributed by atoms with Gasteiger partial charge in [-0.25, -0.2) is 5.01 Å². The van der Waals surface area contributed by atoms with Crippen LogP contribution in [0.5, 0.6) is 0 Å². The monoisotopic (exact) mass is 353 g/mol. The van der Waals surface area contributed by atoms with E-state index in [0.717, 1.165) is 36.7 Å². The summed E-state index contributed by atoms with van der Waals surface area (Å²) < 4.78 is 5.51. The number of rotatable bonds is 7. The molecule has 1 aromatic carbocycles. The van der Waals surface area contributed by atoms with Gasteiger partial charge < -0.3 is 9.32 Å². The van der Waals surface area contributed by atoms with Crippen molar-refractivity contribution in [3.63, 3.8) is 0 Å². The molecule has 5 heteroatoms. The van der Waals surface area contributed by atoms with Crippen LogP contribution in [0.2, 0.25) is 0 Å². The Morgan fingerprint density at radius 1 is 1.27 bits per heavy atom. The first-order valence-corrected chi connectivity index (χ1v) is 9.34. The van der Waals surface area contributed by atoms with Crippen molar-refractivity contribution in [2.75, 3.05) is 19.6 Å². The molecule has 26 heavy (non-hydrogen) atoms. The Kier molecular flexibility index (Phi) is 5.89. The molecule has 1 atom stereocenters. The quantitative estimate of drug-likeness (QED) is 0.756. The average Bonchev–Trinajstić information content (AvgIpc) is 3.32. The van der Waals surface area contributed by atoms with Crippen LogP contribution >= 0.6 is 0 Å². The van der Waals surface area contributed by atoms with Crippen molar-refractivity contribution in [2.45, 2.75) is 39.7 Å². The van der Waals surface area contributed by atoms with Crippen molar-refractivity contribution in [1.29, 1.82) is 0 Å². The van der Waals surface area contributed by atoms with Gasteiger partial charge in [-0.3, -0.25) is 4.79 Å². The minimum atomic E-state index is -0.0702. The molecule has 0 bridgehead atoms. The van der Waals surface area contributed by atoms with Crippen LogP contribution in [-0.4, -0.2) is 41.2 Å². The van der Waals surface area contributed by atoms with Crippen LogP contribution in [0.15, 0.2) is 52.2 Å². The van der Waals surface area contributed by atoms with Crippen LogP contribution in [0.25, 0.3) is 0 Å². The summed E-state index contributed by atoms with van der Waals surface area (Å²) in [4.78, 5) is 15.2. The van der Waals surface area contributed by atoms with Gasteiger partial charge in [0.2, 0.25) is 5.91 Å². The van der Waals surface area contributed by atoms with Gasteiger partial charge in [-0.05, 0) is 37.7 Å². The number of hydrazone groups is 1. The van der Waals surface area contributed by atoms with Crippen LogP contribution < -0.4 is 0 Å². The molecule has 0 unspecified atom stereocenters. The van der Waals surface area contributed by atoms with Gasteiger partial charge in [0.25, 0.3) is 0 Å². The first-order valence-electron chi connectivity index (χ1n) is 9.34. The van der Waals surface area contributed by atoms with Gasteiger partial charge in [0.15, 0.2) is 0 Å². The second-order valence-corrected chi connectivity index (χ2v) is 6.67. The Bertz CT molecular complexity index is 763. The fourth-order valence-electron chi connectivity index (χ4n) is 3.38. The Balaban J connectivity index is 1.82. The minimum Gasteiger partial charge on any atom is -0.463 e.